The molecule has 0 aliphatic heterocycles. The highest BCUT2D eigenvalue weighted by atomic mass is 16.5. The Kier molecular flexibility index (Phi) is 7.05. The van der Waals surface area contributed by atoms with E-state index in [1.165, 1.54) is 27.2 Å². The van der Waals surface area contributed by atoms with Gasteiger partial charge in [0.05, 0.1) is 32.1 Å². The van der Waals surface area contributed by atoms with Crippen molar-refractivity contribution in [2.45, 2.75) is 20.0 Å². The predicted octanol–water partition coefficient (Wildman–Crippen LogP) is 3.29. The topological polar surface area (TPSA) is 83.1 Å². The fourth-order valence-electron chi connectivity index (χ4n) is 2.34. The Morgan fingerprint density at radius 1 is 1.00 bits per heavy atom. The highest BCUT2D eigenvalue weighted by molar-refractivity contribution is 5.98. The minimum absolute atomic E-state index is 0.260. The number of anilines is 1. The highest BCUT2D eigenvalue weighted by Crippen LogP contribution is 2.28. The van der Waals surface area contributed by atoms with Crippen molar-refractivity contribution in [1.82, 2.24) is 0 Å². The summed E-state index contributed by atoms with van der Waals surface area (Å²) < 4.78 is 21.1. The van der Waals surface area contributed by atoms with Crippen molar-refractivity contribution in [2.75, 3.05) is 26.1 Å². The van der Waals surface area contributed by atoms with Crippen LogP contribution in [0.5, 0.6) is 17.2 Å². The van der Waals surface area contributed by atoms with Crippen molar-refractivity contribution in [3.05, 3.63) is 48.0 Å². The average molecular weight is 373 g/mol. The molecule has 0 aliphatic rings. The zero-order valence-electron chi connectivity index (χ0n) is 15.8. The van der Waals surface area contributed by atoms with Crippen LogP contribution in [0, 0.1) is 0 Å². The van der Waals surface area contributed by atoms with Crippen LogP contribution in [0.3, 0.4) is 0 Å². The lowest BCUT2D eigenvalue weighted by atomic mass is 10.2. The third-order valence-corrected chi connectivity index (χ3v) is 3.72. The van der Waals surface area contributed by atoms with Crippen LogP contribution in [0.25, 0.3) is 0 Å². The van der Waals surface area contributed by atoms with Gasteiger partial charge in [0, 0.05) is 0 Å². The third-order valence-electron chi connectivity index (χ3n) is 3.72. The zero-order chi connectivity index (χ0) is 19.8. The summed E-state index contributed by atoms with van der Waals surface area (Å²) in [5, 5.41) is 2.68. The lowest BCUT2D eigenvalue weighted by molar-refractivity contribution is -0.123. The number of benzene rings is 2. The highest BCUT2D eigenvalue weighted by Gasteiger charge is 2.21. The van der Waals surface area contributed by atoms with Gasteiger partial charge < -0.3 is 24.3 Å². The van der Waals surface area contributed by atoms with Crippen molar-refractivity contribution >= 4 is 17.6 Å². The molecule has 0 saturated carbocycles. The summed E-state index contributed by atoms with van der Waals surface area (Å²) in [5.74, 6) is 0.351. The second kappa shape index (κ2) is 9.47. The number of para-hydroxylation sites is 2. The number of carbonyl (C=O) groups excluding carboxylic acids is 2. The van der Waals surface area contributed by atoms with Crippen LogP contribution in [-0.2, 0) is 9.53 Å². The summed E-state index contributed by atoms with van der Waals surface area (Å²) in [4.78, 5) is 24.7. The van der Waals surface area contributed by atoms with Gasteiger partial charge in [0.15, 0.2) is 17.6 Å². The molecule has 1 N–H and O–H groups in total. The first kappa shape index (κ1) is 20.1. The van der Waals surface area contributed by atoms with Crippen molar-refractivity contribution in [3.8, 4) is 17.2 Å². The molecule has 27 heavy (non-hydrogen) atoms. The van der Waals surface area contributed by atoms with Crippen LogP contribution in [0.1, 0.15) is 24.2 Å². The molecule has 1 amide bonds. The van der Waals surface area contributed by atoms with E-state index in [4.69, 9.17) is 18.9 Å². The van der Waals surface area contributed by atoms with E-state index in [0.717, 1.165) is 0 Å². The number of ether oxygens (including phenoxy) is 4. The average Bonchev–Trinajstić information content (AvgIpc) is 2.68. The van der Waals surface area contributed by atoms with Gasteiger partial charge in [-0.1, -0.05) is 12.1 Å². The van der Waals surface area contributed by atoms with E-state index < -0.39 is 18.0 Å². The number of hydrogen-bond donors (Lipinski definition) is 1. The van der Waals surface area contributed by atoms with Crippen molar-refractivity contribution in [1.29, 1.82) is 0 Å². The van der Waals surface area contributed by atoms with Gasteiger partial charge in [-0.3, -0.25) is 4.79 Å². The monoisotopic (exact) mass is 373 g/mol. The summed E-state index contributed by atoms with van der Waals surface area (Å²) in [5.41, 5.74) is 0.757. The number of hydrogen-bond acceptors (Lipinski definition) is 6. The van der Waals surface area contributed by atoms with Gasteiger partial charge in [0.1, 0.15) is 5.75 Å². The molecule has 0 saturated heterocycles. The number of amides is 1. The summed E-state index contributed by atoms with van der Waals surface area (Å²) in [6.07, 6.45) is -1.000. The molecule has 0 radical (unpaired) electrons. The fraction of sp³-hybridized carbons (Fsp3) is 0.300. The Morgan fingerprint density at radius 3 is 2.37 bits per heavy atom. The Bertz CT molecular complexity index is 805. The number of carbonyl (C=O) groups is 2. The van der Waals surface area contributed by atoms with Crippen LogP contribution in [0.2, 0.25) is 0 Å². The summed E-state index contributed by atoms with van der Waals surface area (Å²) in [6, 6.07) is 11.7. The standard InChI is InChI=1S/C20H23NO6/c1-5-26-18-12-14(10-11-17(18)25-4)20(23)27-13(2)19(22)21-15-8-6-7-9-16(15)24-3/h6-13H,5H2,1-4H3,(H,21,22)/t13-/m1/s1. The molecule has 7 heteroatoms. The molecule has 2 rings (SSSR count). The van der Waals surface area contributed by atoms with Gasteiger partial charge in [0.2, 0.25) is 0 Å². The number of esters is 1. The maximum atomic E-state index is 12.4. The Labute approximate surface area is 158 Å². The quantitative estimate of drug-likeness (QED) is 0.715. The molecule has 1 atom stereocenters. The minimum Gasteiger partial charge on any atom is -0.495 e. The number of nitrogens with one attached hydrogen (secondary N) is 1. The molecule has 2 aromatic rings. The molecular weight excluding hydrogens is 350 g/mol. The molecule has 0 aliphatic carbocycles. The van der Waals surface area contributed by atoms with Crippen molar-refractivity contribution in [3.63, 3.8) is 0 Å². The molecule has 0 heterocycles. The molecule has 144 valence electrons. The first-order valence-corrected chi connectivity index (χ1v) is 8.45. The van der Waals surface area contributed by atoms with Crippen LogP contribution in [0.4, 0.5) is 5.69 Å². The zero-order valence-corrected chi connectivity index (χ0v) is 15.8. The predicted molar refractivity (Wildman–Crippen MR) is 101 cm³/mol. The van der Waals surface area contributed by atoms with Gasteiger partial charge >= 0.3 is 5.97 Å². The van der Waals surface area contributed by atoms with Crippen LogP contribution < -0.4 is 19.5 Å². The molecule has 0 spiro atoms. The third kappa shape index (κ3) is 5.13. The minimum atomic E-state index is -1.000. The Hall–Kier alpha value is -3.22. The second-order valence-corrected chi connectivity index (χ2v) is 5.54. The molecule has 2 aromatic carbocycles. The molecule has 0 bridgehead atoms. The molecule has 0 unspecified atom stereocenters. The van der Waals surface area contributed by atoms with E-state index >= 15 is 0 Å². The van der Waals surface area contributed by atoms with Gasteiger partial charge in [-0.15, -0.1) is 0 Å². The van der Waals surface area contributed by atoms with E-state index in [1.807, 2.05) is 6.92 Å². The molecule has 0 fully saturated rings. The largest absolute Gasteiger partial charge is 0.495 e. The number of methoxy groups -OCH3 is 2. The lowest BCUT2D eigenvalue weighted by Crippen LogP contribution is -2.30. The SMILES string of the molecule is CCOc1cc(C(=O)O[C@H](C)C(=O)Nc2ccccc2OC)ccc1OC. The van der Waals surface area contributed by atoms with Crippen molar-refractivity contribution in [2.24, 2.45) is 0 Å². The molecule has 0 aromatic heterocycles. The van der Waals surface area contributed by atoms with Crippen LogP contribution in [0.15, 0.2) is 42.5 Å². The number of rotatable bonds is 8. The first-order valence-electron chi connectivity index (χ1n) is 8.45. The van der Waals surface area contributed by atoms with E-state index in [-0.39, 0.29) is 5.56 Å². The second-order valence-electron chi connectivity index (χ2n) is 5.54. The lowest BCUT2D eigenvalue weighted by Gasteiger charge is -2.16. The Balaban J connectivity index is 2.06. The fourth-order valence-corrected chi connectivity index (χ4v) is 2.34. The normalized spacial score (nSPS) is 11.3. The van der Waals surface area contributed by atoms with Crippen molar-refractivity contribution < 1.29 is 28.5 Å². The van der Waals surface area contributed by atoms with Gasteiger partial charge in [0.25, 0.3) is 5.91 Å². The van der Waals surface area contributed by atoms with E-state index in [0.29, 0.717) is 29.5 Å². The van der Waals surface area contributed by atoms with Gasteiger partial charge in [-0.2, -0.15) is 0 Å². The van der Waals surface area contributed by atoms with E-state index in [1.54, 1.807) is 36.4 Å². The summed E-state index contributed by atoms with van der Waals surface area (Å²) in [7, 11) is 3.02. The smallest absolute Gasteiger partial charge is 0.339 e. The Morgan fingerprint density at radius 2 is 1.70 bits per heavy atom. The van der Waals surface area contributed by atoms with E-state index in [2.05, 4.69) is 5.32 Å². The maximum Gasteiger partial charge on any atom is 0.339 e. The first-order chi connectivity index (χ1) is 13.0. The van der Waals surface area contributed by atoms with Crippen LogP contribution in [-0.4, -0.2) is 38.8 Å². The van der Waals surface area contributed by atoms with Gasteiger partial charge in [-0.25, -0.2) is 4.79 Å². The maximum absolute atomic E-state index is 12.4. The van der Waals surface area contributed by atoms with Crippen LogP contribution >= 0.6 is 0 Å². The van der Waals surface area contributed by atoms with Gasteiger partial charge in [-0.05, 0) is 44.2 Å². The summed E-state index contributed by atoms with van der Waals surface area (Å²) >= 11 is 0. The molecular formula is C20H23NO6. The summed E-state index contributed by atoms with van der Waals surface area (Å²) in [6.45, 7) is 3.75. The van der Waals surface area contributed by atoms with E-state index in [9.17, 15) is 9.59 Å². The molecule has 7 nitrogen and oxygen atoms in total.